The minimum Gasteiger partial charge on any atom is -0.298 e. The Bertz CT molecular complexity index is 762. The van der Waals surface area contributed by atoms with Gasteiger partial charge in [-0.15, -0.1) is 0 Å². The molecule has 0 unspecified atom stereocenters. The van der Waals surface area contributed by atoms with Gasteiger partial charge < -0.3 is 0 Å². The van der Waals surface area contributed by atoms with Crippen LogP contribution in [0.4, 0.5) is 5.69 Å². The van der Waals surface area contributed by atoms with Gasteiger partial charge in [0.2, 0.25) is 0 Å². The molecular formula is C14H17N3O3S. The van der Waals surface area contributed by atoms with E-state index in [4.69, 9.17) is 0 Å². The number of nitrogens with one attached hydrogen (secondary N) is 1. The number of aryl methyl sites for hydroxylation is 2. The van der Waals surface area contributed by atoms with E-state index in [1.807, 2.05) is 13.8 Å². The molecule has 6 nitrogen and oxygen atoms in total. The Hall–Kier alpha value is -2.15. The third-order valence-corrected chi connectivity index (χ3v) is 4.61. The van der Waals surface area contributed by atoms with Gasteiger partial charge in [-0.3, -0.25) is 14.2 Å². The Morgan fingerprint density at radius 1 is 1.24 bits per heavy atom. The SMILES string of the molecule is CCn1nc(C)c(NS(=O)(=O)c2ccc(C=O)cc2)c1C. The zero-order valence-corrected chi connectivity index (χ0v) is 12.9. The van der Waals surface area contributed by atoms with Gasteiger partial charge in [-0.05, 0) is 32.9 Å². The molecule has 1 heterocycles. The number of nitrogens with zero attached hydrogens (tertiary/aromatic N) is 2. The number of rotatable bonds is 5. The molecule has 0 aliphatic carbocycles. The molecule has 1 aromatic carbocycles. The highest BCUT2D eigenvalue weighted by Gasteiger charge is 2.19. The third kappa shape index (κ3) is 2.97. The summed E-state index contributed by atoms with van der Waals surface area (Å²) in [5.74, 6) is 0. The Morgan fingerprint density at radius 3 is 2.33 bits per heavy atom. The van der Waals surface area contributed by atoms with Crippen molar-refractivity contribution in [2.24, 2.45) is 0 Å². The Labute approximate surface area is 123 Å². The summed E-state index contributed by atoms with van der Waals surface area (Å²) >= 11 is 0. The van der Waals surface area contributed by atoms with E-state index in [9.17, 15) is 13.2 Å². The highest BCUT2D eigenvalue weighted by atomic mass is 32.2. The van der Waals surface area contributed by atoms with Gasteiger partial charge in [0.25, 0.3) is 10.0 Å². The van der Waals surface area contributed by atoms with E-state index in [2.05, 4.69) is 9.82 Å². The molecule has 0 amide bonds. The molecule has 21 heavy (non-hydrogen) atoms. The fraction of sp³-hybridized carbons (Fsp3) is 0.286. The van der Waals surface area contributed by atoms with Crippen LogP contribution in [0.1, 0.15) is 28.7 Å². The second-order valence-corrected chi connectivity index (χ2v) is 6.34. The van der Waals surface area contributed by atoms with Crippen LogP contribution in [-0.2, 0) is 16.6 Å². The summed E-state index contributed by atoms with van der Waals surface area (Å²) in [6, 6.07) is 5.75. The zero-order valence-electron chi connectivity index (χ0n) is 12.1. The van der Waals surface area contributed by atoms with Crippen molar-refractivity contribution in [1.82, 2.24) is 9.78 Å². The van der Waals surface area contributed by atoms with Crippen molar-refractivity contribution in [2.45, 2.75) is 32.2 Å². The lowest BCUT2D eigenvalue weighted by atomic mass is 10.2. The number of carbonyl (C=O) groups is 1. The molecule has 0 atom stereocenters. The van der Waals surface area contributed by atoms with Gasteiger partial charge in [0, 0.05) is 12.1 Å². The first-order chi connectivity index (χ1) is 9.89. The first-order valence-corrected chi connectivity index (χ1v) is 7.99. The number of carbonyl (C=O) groups excluding carboxylic acids is 1. The van der Waals surface area contributed by atoms with Crippen LogP contribution < -0.4 is 4.72 Å². The smallest absolute Gasteiger partial charge is 0.262 e. The fourth-order valence-electron chi connectivity index (χ4n) is 2.07. The molecule has 0 aliphatic rings. The van der Waals surface area contributed by atoms with Gasteiger partial charge >= 0.3 is 0 Å². The summed E-state index contributed by atoms with van der Waals surface area (Å²) < 4.78 is 29.0. The van der Waals surface area contributed by atoms with Gasteiger partial charge in [0.1, 0.15) is 6.29 Å². The van der Waals surface area contributed by atoms with Crippen LogP contribution in [-0.4, -0.2) is 24.5 Å². The molecule has 112 valence electrons. The van der Waals surface area contributed by atoms with Gasteiger partial charge in [-0.2, -0.15) is 5.10 Å². The minimum absolute atomic E-state index is 0.108. The van der Waals surface area contributed by atoms with Crippen molar-refractivity contribution in [1.29, 1.82) is 0 Å². The maximum atomic E-state index is 12.4. The van der Waals surface area contributed by atoms with Crippen LogP contribution in [0.25, 0.3) is 0 Å². The molecule has 2 aromatic rings. The Morgan fingerprint density at radius 2 is 1.86 bits per heavy atom. The van der Waals surface area contributed by atoms with Crippen molar-refractivity contribution >= 4 is 22.0 Å². The number of aromatic nitrogens is 2. The van der Waals surface area contributed by atoms with Crippen molar-refractivity contribution < 1.29 is 13.2 Å². The van der Waals surface area contributed by atoms with E-state index in [0.29, 0.717) is 29.8 Å². The second kappa shape index (κ2) is 5.69. The number of hydrogen-bond acceptors (Lipinski definition) is 4. The molecule has 0 saturated heterocycles. The maximum Gasteiger partial charge on any atom is 0.262 e. The summed E-state index contributed by atoms with van der Waals surface area (Å²) in [6.07, 6.45) is 0.670. The Balaban J connectivity index is 2.37. The Kier molecular flexibility index (Phi) is 4.13. The number of hydrogen-bond donors (Lipinski definition) is 1. The van der Waals surface area contributed by atoms with Gasteiger partial charge in [-0.1, -0.05) is 12.1 Å². The molecule has 1 N–H and O–H groups in total. The summed E-state index contributed by atoms with van der Waals surface area (Å²) in [5.41, 5.74) is 2.32. The number of benzene rings is 1. The topological polar surface area (TPSA) is 81.1 Å². The molecule has 0 aliphatic heterocycles. The maximum absolute atomic E-state index is 12.4. The molecule has 2 rings (SSSR count). The molecule has 0 fully saturated rings. The average molecular weight is 307 g/mol. The summed E-state index contributed by atoms with van der Waals surface area (Å²) in [5, 5.41) is 4.28. The summed E-state index contributed by atoms with van der Waals surface area (Å²) in [6.45, 7) is 6.18. The highest BCUT2D eigenvalue weighted by molar-refractivity contribution is 7.92. The van der Waals surface area contributed by atoms with Crippen LogP contribution in [0.3, 0.4) is 0 Å². The number of anilines is 1. The largest absolute Gasteiger partial charge is 0.298 e. The van der Waals surface area contributed by atoms with Crippen LogP contribution in [0.5, 0.6) is 0 Å². The molecule has 0 radical (unpaired) electrons. The lowest BCUT2D eigenvalue weighted by Gasteiger charge is -2.09. The van der Waals surface area contributed by atoms with Gasteiger partial charge in [-0.25, -0.2) is 8.42 Å². The lowest BCUT2D eigenvalue weighted by molar-refractivity contribution is 0.112. The molecular weight excluding hydrogens is 290 g/mol. The quantitative estimate of drug-likeness (QED) is 0.858. The predicted octanol–water partition coefficient (Wildman–Crippen LogP) is 2.13. The van der Waals surface area contributed by atoms with E-state index in [-0.39, 0.29) is 4.90 Å². The van der Waals surface area contributed by atoms with E-state index in [1.165, 1.54) is 24.3 Å². The molecule has 7 heteroatoms. The van der Waals surface area contributed by atoms with Crippen LogP contribution in [0, 0.1) is 13.8 Å². The standard InChI is InChI=1S/C14H17N3O3S/c1-4-17-11(3)14(10(2)15-17)16-21(19,20)13-7-5-12(9-18)6-8-13/h5-9,16H,4H2,1-3H3. The van der Waals surface area contributed by atoms with E-state index < -0.39 is 10.0 Å². The third-order valence-electron chi connectivity index (χ3n) is 3.24. The van der Waals surface area contributed by atoms with E-state index >= 15 is 0 Å². The first-order valence-electron chi connectivity index (χ1n) is 6.51. The zero-order chi connectivity index (χ0) is 15.6. The van der Waals surface area contributed by atoms with Crippen molar-refractivity contribution in [3.8, 4) is 0 Å². The lowest BCUT2D eigenvalue weighted by Crippen LogP contribution is -2.14. The fourth-order valence-corrected chi connectivity index (χ4v) is 3.25. The number of aldehydes is 1. The molecule has 0 bridgehead atoms. The van der Waals surface area contributed by atoms with Crippen LogP contribution >= 0.6 is 0 Å². The molecule has 0 spiro atoms. The molecule has 0 saturated carbocycles. The van der Waals surface area contributed by atoms with E-state index in [0.717, 1.165) is 5.69 Å². The van der Waals surface area contributed by atoms with Crippen molar-refractivity contribution in [2.75, 3.05) is 4.72 Å². The van der Waals surface area contributed by atoms with Gasteiger partial charge in [0.15, 0.2) is 0 Å². The van der Waals surface area contributed by atoms with Crippen LogP contribution in [0.15, 0.2) is 29.2 Å². The number of sulfonamides is 1. The summed E-state index contributed by atoms with van der Waals surface area (Å²) in [7, 11) is -3.70. The van der Waals surface area contributed by atoms with Crippen molar-refractivity contribution in [3.05, 3.63) is 41.2 Å². The second-order valence-electron chi connectivity index (χ2n) is 4.65. The van der Waals surface area contributed by atoms with Crippen molar-refractivity contribution in [3.63, 3.8) is 0 Å². The van der Waals surface area contributed by atoms with E-state index in [1.54, 1.807) is 11.6 Å². The predicted molar refractivity (Wildman–Crippen MR) is 80.0 cm³/mol. The summed E-state index contributed by atoms with van der Waals surface area (Å²) in [4.78, 5) is 10.7. The first kappa shape index (κ1) is 15.2. The average Bonchev–Trinajstić information content (AvgIpc) is 2.74. The highest BCUT2D eigenvalue weighted by Crippen LogP contribution is 2.23. The molecule has 1 aromatic heterocycles. The monoisotopic (exact) mass is 307 g/mol. The van der Waals surface area contributed by atoms with Crippen LogP contribution in [0.2, 0.25) is 0 Å². The minimum atomic E-state index is -3.70. The van der Waals surface area contributed by atoms with Gasteiger partial charge in [0.05, 0.1) is 22.0 Å². The normalized spacial score (nSPS) is 11.4.